The zero-order chi connectivity index (χ0) is 18.5. The highest BCUT2D eigenvalue weighted by Crippen LogP contribution is 2.21. The van der Waals surface area contributed by atoms with Gasteiger partial charge < -0.3 is 19.5 Å². The van der Waals surface area contributed by atoms with Crippen LogP contribution < -0.4 is 10.2 Å². The van der Waals surface area contributed by atoms with Gasteiger partial charge in [0.1, 0.15) is 11.5 Å². The first-order chi connectivity index (χ1) is 12.6. The summed E-state index contributed by atoms with van der Waals surface area (Å²) in [5.41, 5.74) is 2.38. The van der Waals surface area contributed by atoms with Crippen molar-refractivity contribution in [2.75, 3.05) is 37.5 Å². The number of ether oxygens (including phenoxy) is 1. The molecule has 3 aromatic rings. The van der Waals surface area contributed by atoms with E-state index in [1.54, 1.807) is 13.3 Å². The van der Waals surface area contributed by atoms with E-state index in [2.05, 4.69) is 10.3 Å². The zero-order valence-corrected chi connectivity index (χ0v) is 16.6. The summed E-state index contributed by atoms with van der Waals surface area (Å²) in [4.78, 5) is 19.2. The molecule has 0 saturated heterocycles. The van der Waals surface area contributed by atoms with E-state index < -0.39 is 0 Å². The van der Waals surface area contributed by atoms with E-state index >= 15 is 0 Å². The zero-order valence-electron chi connectivity index (χ0n) is 15.8. The number of hydrogen-bond donors (Lipinski definition) is 1. The summed E-state index contributed by atoms with van der Waals surface area (Å²) in [5, 5.41) is 4.00. The second-order valence-corrected chi connectivity index (χ2v) is 6.11. The predicted octanol–water partition coefficient (Wildman–Crippen LogP) is 3.81. The number of pyridine rings is 1. The van der Waals surface area contributed by atoms with E-state index in [0.29, 0.717) is 18.0 Å². The molecule has 0 radical (unpaired) electrons. The lowest BCUT2D eigenvalue weighted by molar-refractivity contribution is 0.101. The Hall–Kier alpha value is -2.57. The Morgan fingerprint density at radius 3 is 2.70 bits per heavy atom. The minimum atomic E-state index is -0.134. The lowest BCUT2D eigenvalue weighted by Crippen LogP contribution is -2.23. The number of methoxy groups -OCH3 is 1. The number of nitrogens with zero attached hydrogens (tertiary/aromatic N) is 3. The molecule has 0 aliphatic rings. The number of benzene rings is 1. The van der Waals surface area contributed by atoms with Gasteiger partial charge in [-0.15, -0.1) is 12.4 Å². The maximum atomic E-state index is 12.7. The summed E-state index contributed by atoms with van der Waals surface area (Å²) in [5.74, 6) is 0.702. The SMILES string of the molecule is CCn1c(C(=O)Nc2ccc(N(C)CCOC)nc2)cc2ccccc21.Cl. The third-order valence-corrected chi connectivity index (χ3v) is 4.39. The van der Waals surface area contributed by atoms with Crippen LogP contribution in [0.3, 0.4) is 0 Å². The molecule has 2 heterocycles. The average molecular weight is 389 g/mol. The van der Waals surface area contributed by atoms with Crippen molar-refractivity contribution in [3.8, 4) is 0 Å². The van der Waals surface area contributed by atoms with Gasteiger partial charge in [0, 0.05) is 38.1 Å². The van der Waals surface area contributed by atoms with Crippen molar-refractivity contribution in [1.29, 1.82) is 0 Å². The molecule has 7 heteroatoms. The van der Waals surface area contributed by atoms with E-state index in [-0.39, 0.29) is 18.3 Å². The molecule has 1 amide bonds. The highest BCUT2D eigenvalue weighted by Gasteiger charge is 2.15. The van der Waals surface area contributed by atoms with Gasteiger partial charge in [0.05, 0.1) is 18.5 Å². The van der Waals surface area contributed by atoms with Crippen molar-refractivity contribution in [3.63, 3.8) is 0 Å². The molecule has 1 N–H and O–H groups in total. The van der Waals surface area contributed by atoms with Crippen LogP contribution in [0.1, 0.15) is 17.4 Å². The number of fused-ring (bicyclic) bond motifs is 1. The van der Waals surface area contributed by atoms with Crippen molar-refractivity contribution in [3.05, 3.63) is 54.4 Å². The largest absolute Gasteiger partial charge is 0.383 e. The average Bonchev–Trinajstić information content (AvgIpc) is 3.05. The van der Waals surface area contributed by atoms with E-state index in [9.17, 15) is 4.79 Å². The van der Waals surface area contributed by atoms with Crippen LogP contribution in [0.25, 0.3) is 10.9 Å². The first kappa shape index (κ1) is 20.7. The Morgan fingerprint density at radius 2 is 2.04 bits per heavy atom. The number of carbonyl (C=O) groups is 1. The molecule has 6 nitrogen and oxygen atoms in total. The van der Waals surface area contributed by atoms with Crippen LogP contribution in [-0.2, 0) is 11.3 Å². The number of aryl methyl sites for hydroxylation is 1. The summed E-state index contributed by atoms with van der Waals surface area (Å²) in [7, 11) is 3.63. The molecule has 2 aromatic heterocycles. The Morgan fingerprint density at radius 1 is 1.26 bits per heavy atom. The van der Waals surface area contributed by atoms with E-state index in [1.807, 2.05) is 65.9 Å². The highest BCUT2D eigenvalue weighted by molar-refractivity contribution is 6.06. The maximum Gasteiger partial charge on any atom is 0.272 e. The second kappa shape index (κ2) is 9.39. The number of likely N-dealkylation sites (N-methyl/N-ethyl adjacent to an activating group) is 1. The Kier molecular flexibility index (Phi) is 7.21. The van der Waals surface area contributed by atoms with Gasteiger partial charge in [0.2, 0.25) is 0 Å². The van der Waals surface area contributed by atoms with E-state index in [0.717, 1.165) is 29.8 Å². The molecule has 0 bridgehead atoms. The normalized spacial score (nSPS) is 10.5. The number of rotatable bonds is 7. The van der Waals surface area contributed by atoms with Gasteiger partial charge in [0.15, 0.2) is 0 Å². The third kappa shape index (κ3) is 4.59. The van der Waals surface area contributed by atoms with Crippen molar-refractivity contribution in [2.24, 2.45) is 0 Å². The van der Waals surface area contributed by atoms with Crippen LogP contribution in [0.15, 0.2) is 48.7 Å². The number of para-hydroxylation sites is 1. The van der Waals surface area contributed by atoms with Crippen molar-refractivity contribution in [2.45, 2.75) is 13.5 Å². The molecule has 0 spiro atoms. The van der Waals surface area contributed by atoms with Crippen molar-refractivity contribution < 1.29 is 9.53 Å². The Labute approximate surface area is 165 Å². The van der Waals surface area contributed by atoms with Crippen molar-refractivity contribution in [1.82, 2.24) is 9.55 Å². The Balaban J connectivity index is 0.00000261. The molecule has 3 rings (SSSR count). The van der Waals surface area contributed by atoms with E-state index in [4.69, 9.17) is 4.74 Å². The van der Waals surface area contributed by atoms with Gasteiger partial charge in [-0.25, -0.2) is 4.98 Å². The summed E-state index contributed by atoms with van der Waals surface area (Å²) >= 11 is 0. The number of halogens is 1. The molecule has 0 atom stereocenters. The summed E-state index contributed by atoms with van der Waals surface area (Å²) < 4.78 is 7.10. The van der Waals surface area contributed by atoms with Crippen LogP contribution in [0.4, 0.5) is 11.5 Å². The molecule has 0 unspecified atom stereocenters. The van der Waals surface area contributed by atoms with Crippen LogP contribution in [0, 0.1) is 0 Å². The lowest BCUT2D eigenvalue weighted by atomic mass is 10.2. The first-order valence-electron chi connectivity index (χ1n) is 8.69. The molecular weight excluding hydrogens is 364 g/mol. The minimum Gasteiger partial charge on any atom is -0.383 e. The van der Waals surface area contributed by atoms with Gasteiger partial charge in [-0.05, 0) is 31.2 Å². The summed E-state index contributed by atoms with van der Waals surface area (Å²) in [6.07, 6.45) is 1.68. The first-order valence-corrected chi connectivity index (χ1v) is 8.69. The number of nitrogens with one attached hydrogen (secondary N) is 1. The van der Waals surface area contributed by atoms with Gasteiger partial charge in [-0.1, -0.05) is 18.2 Å². The number of aromatic nitrogens is 2. The molecule has 1 aromatic carbocycles. The summed E-state index contributed by atoms with van der Waals surface area (Å²) in [6.45, 7) is 4.16. The number of hydrogen-bond acceptors (Lipinski definition) is 4. The highest BCUT2D eigenvalue weighted by atomic mass is 35.5. The quantitative estimate of drug-likeness (QED) is 0.668. The van der Waals surface area contributed by atoms with E-state index in [1.165, 1.54) is 0 Å². The molecule has 0 aliphatic carbocycles. The minimum absolute atomic E-state index is 0. The fourth-order valence-electron chi connectivity index (χ4n) is 2.96. The molecule has 144 valence electrons. The number of anilines is 2. The number of carbonyl (C=O) groups excluding carboxylic acids is 1. The molecule has 0 fully saturated rings. The van der Waals surface area contributed by atoms with Gasteiger partial charge >= 0.3 is 0 Å². The molecule has 0 aliphatic heterocycles. The summed E-state index contributed by atoms with van der Waals surface area (Å²) in [6, 6.07) is 13.7. The topological polar surface area (TPSA) is 59.4 Å². The van der Waals surface area contributed by atoms with Gasteiger partial charge in [-0.3, -0.25) is 4.79 Å². The molecular formula is C20H25ClN4O2. The van der Waals surface area contributed by atoms with Crippen LogP contribution in [-0.4, -0.2) is 42.8 Å². The molecule has 27 heavy (non-hydrogen) atoms. The predicted molar refractivity (Wildman–Crippen MR) is 112 cm³/mol. The monoisotopic (exact) mass is 388 g/mol. The lowest BCUT2D eigenvalue weighted by Gasteiger charge is -2.17. The van der Waals surface area contributed by atoms with Crippen molar-refractivity contribution >= 4 is 40.7 Å². The van der Waals surface area contributed by atoms with Crippen LogP contribution in [0.5, 0.6) is 0 Å². The van der Waals surface area contributed by atoms with Crippen LogP contribution >= 0.6 is 12.4 Å². The number of amides is 1. The molecule has 0 saturated carbocycles. The Bertz CT molecular complexity index is 893. The fraction of sp³-hybridized carbons (Fsp3) is 0.300. The van der Waals surface area contributed by atoms with Gasteiger partial charge in [-0.2, -0.15) is 0 Å². The van der Waals surface area contributed by atoms with Gasteiger partial charge in [0.25, 0.3) is 5.91 Å². The van der Waals surface area contributed by atoms with Crippen LogP contribution in [0.2, 0.25) is 0 Å². The maximum absolute atomic E-state index is 12.7. The second-order valence-electron chi connectivity index (χ2n) is 6.11. The fourth-order valence-corrected chi connectivity index (χ4v) is 2.96. The smallest absolute Gasteiger partial charge is 0.272 e. The standard InChI is InChI=1S/C20H24N4O2.ClH/c1-4-24-17-8-6-5-7-15(17)13-18(24)20(25)22-16-9-10-19(21-14-16)23(2)11-12-26-3;/h5-10,13-14H,4,11-12H2,1-3H3,(H,22,25);1H. The third-order valence-electron chi connectivity index (χ3n) is 4.39.